The Labute approximate surface area is 227 Å². The number of nitrogens with zero attached hydrogens (tertiary/aromatic N) is 5. The molecular weight excluding hydrogens is 516 g/mol. The molecule has 2 aliphatic heterocycles. The van der Waals surface area contributed by atoms with Crippen molar-refractivity contribution in [2.45, 2.75) is 63.7 Å². The van der Waals surface area contributed by atoms with E-state index in [1.165, 1.54) is 6.07 Å². The van der Waals surface area contributed by atoms with E-state index in [4.69, 9.17) is 28.9 Å². The zero-order chi connectivity index (χ0) is 26.1. The van der Waals surface area contributed by atoms with Crippen molar-refractivity contribution in [1.82, 2.24) is 25.1 Å². The molecule has 3 heterocycles. The maximum atomic E-state index is 14.2. The molecule has 0 radical (unpaired) electrons. The lowest BCUT2D eigenvalue weighted by Gasteiger charge is -2.47. The topological polar surface area (TPSA) is 90.6 Å². The van der Waals surface area contributed by atoms with Gasteiger partial charge in [-0.15, -0.1) is 0 Å². The maximum absolute atomic E-state index is 14.2. The van der Waals surface area contributed by atoms with E-state index >= 15 is 0 Å². The summed E-state index contributed by atoms with van der Waals surface area (Å²) in [6.45, 7) is 7.09. The van der Waals surface area contributed by atoms with Crippen LogP contribution in [0, 0.1) is 5.82 Å². The van der Waals surface area contributed by atoms with Crippen molar-refractivity contribution >= 4 is 40.7 Å². The fourth-order valence-electron chi connectivity index (χ4n) is 5.47. The highest BCUT2D eigenvalue weighted by Crippen LogP contribution is 2.30. The number of carbonyl (C=O) groups is 1. The van der Waals surface area contributed by atoms with Crippen molar-refractivity contribution in [3.63, 3.8) is 0 Å². The van der Waals surface area contributed by atoms with Crippen LogP contribution < -0.4 is 16.0 Å². The van der Waals surface area contributed by atoms with E-state index in [2.05, 4.69) is 36.9 Å². The highest BCUT2D eigenvalue weighted by Gasteiger charge is 2.35. The predicted molar refractivity (Wildman–Crippen MR) is 145 cm³/mol. The molecule has 3 aliphatic rings. The number of nitrogens with two attached hydrogens (primary N) is 1. The number of carbonyl (C=O) groups excluding carboxylic acids is 1. The number of halogens is 3. The first kappa shape index (κ1) is 26.4. The summed E-state index contributed by atoms with van der Waals surface area (Å²) in [4.78, 5) is 28.3. The smallest absolute Gasteiger partial charge is 0.274 e. The largest absolute Gasteiger partial charge is 0.382 e. The molecule has 1 aromatic heterocycles. The average molecular weight is 551 g/mol. The first-order valence-corrected chi connectivity index (χ1v) is 13.9. The van der Waals surface area contributed by atoms with Crippen LogP contribution in [-0.4, -0.2) is 76.5 Å². The molecule has 11 heteroatoms. The molecule has 1 aromatic carbocycles. The number of rotatable bonds is 7. The van der Waals surface area contributed by atoms with E-state index in [1.807, 2.05) is 0 Å². The van der Waals surface area contributed by atoms with Gasteiger partial charge in [-0.05, 0) is 57.3 Å². The van der Waals surface area contributed by atoms with Crippen LogP contribution in [0.5, 0.6) is 0 Å². The van der Waals surface area contributed by atoms with Crippen molar-refractivity contribution in [3.8, 4) is 0 Å². The van der Waals surface area contributed by atoms with Gasteiger partial charge < -0.3 is 16.0 Å². The summed E-state index contributed by atoms with van der Waals surface area (Å²) in [5.74, 6) is 0.0932. The van der Waals surface area contributed by atoms with Gasteiger partial charge in [-0.2, -0.15) is 0 Å². The Morgan fingerprint density at radius 2 is 1.89 bits per heavy atom. The van der Waals surface area contributed by atoms with Crippen molar-refractivity contribution in [2.24, 2.45) is 0 Å². The third kappa shape index (κ3) is 6.11. The summed E-state index contributed by atoms with van der Waals surface area (Å²) in [5.41, 5.74) is 6.91. The molecule has 200 valence electrons. The molecule has 2 aromatic rings. The van der Waals surface area contributed by atoms with E-state index in [0.717, 1.165) is 64.8 Å². The van der Waals surface area contributed by atoms with E-state index in [0.29, 0.717) is 35.0 Å². The van der Waals surface area contributed by atoms with E-state index in [-0.39, 0.29) is 34.4 Å². The van der Waals surface area contributed by atoms with Gasteiger partial charge in [0.2, 0.25) is 0 Å². The van der Waals surface area contributed by atoms with E-state index < -0.39 is 0 Å². The summed E-state index contributed by atoms with van der Waals surface area (Å²) in [6.07, 6.45) is 5.05. The van der Waals surface area contributed by atoms with Crippen LogP contribution >= 0.6 is 23.2 Å². The molecule has 1 aliphatic carbocycles. The third-order valence-electron chi connectivity index (χ3n) is 7.73. The predicted octanol–water partition coefficient (Wildman–Crippen LogP) is 3.96. The van der Waals surface area contributed by atoms with Crippen molar-refractivity contribution in [1.29, 1.82) is 0 Å². The van der Waals surface area contributed by atoms with Crippen LogP contribution in [-0.2, 0) is 6.54 Å². The SMILES string of the molecule is CC[C@H]1CN(c2nc(N)c(C(=O)NC3CC3)nc2Cl)CCN1C1CCN(Cc2ccc(Cl)cc2F)CC1. The van der Waals surface area contributed by atoms with Gasteiger partial charge in [0.1, 0.15) is 5.82 Å². The molecule has 0 spiro atoms. The molecule has 0 unspecified atom stereocenters. The Kier molecular flexibility index (Phi) is 8.04. The Hall–Kier alpha value is -2.20. The first-order chi connectivity index (χ1) is 17.8. The standard InChI is InChI=1S/C26H34Cl2FN7O/c1-2-19-15-35(25-23(28)32-22(24(30)33-25)26(37)31-18-5-6-18)11-12-36(19)20-7-9-34(10-8-20)14-16-3-4-17(27)13-21(16)29/h3-4,13,18-20H,2,5-12,14-15H2,1H3,(H2,30,33)(H,31,37)/t19-/m0/s1. The molecule has 37 heavy (non-hydrogen) atoms. The average Bonchev–Trinajstić information content (AvgIpc) is 3.71. The number of benzene rings is 1. The number of likely N-dealkylation sites (tertiary alicyclic amines) is 1. The second kappa shape index (κ2) is 11.3. The number of aromatic nitrogens is 2. The van der Waals surface area contributed by atoms with Gasteiger partial charge in [0, 0.05) is 54.9 Å². The molecule has 8 nitrogen and oxygen atoms in total. The van der Waals surface area contributed by atoms with E-state index in [1.54, 1.807) is 12.1 Å². The molecule has 1 atom stereocenters. The molecule has 0 bridgehead atoms. The quantitative estimate of drug-likeness (QED) is 0.540. The monoisotopic (exact) mass is 549 g/mol. The molecular formula is C26H34Cl2FN7O. The minimum absolute atomic E-state index is 0.0940. The van der Waals surface area contributed by atoms with Gasteiger partial charge in [0.25, 0.3) is 5.91 Å². The molecule has 5 rings (SSSR count). The number of anilines is 2. The summed E-state index contributed by atoms with van der Waals surface area (Å²) in [5, 5.41) is 3.52. The number of hydrogen-bond acceptors (Lipinski definition) is 7. The minimum Gasteiger partial charge on any atom is -0.382 e. The molecule has 2 saturated heterocycles. The molecule has 3 N–H and O–H groups in total. The lowest BCUT2D eigenvalue weighted by atomic mass is 9.98. The van der Waals surface area contributed by atoms with Crippen LogP contribution in [0.25, 0.3) is 0 Å². The minimum atomic E-state index is -0.317. The zero-order valence-corrected chi connectivity index (χ0v) is 22.6. The first-order valence-electron chi connectivity index (χ1n) is 13.1. The van der Waals surface area contributed by atoms with Crippen LogP contribution in [0.2, 0.25) is 10.2 Å². The van der Waals surface area contributed by atoms with Crippen LogP contribution in [0.15, 0.2) is 18.2 Å². The Bertz CT molecular complexity index is 1140. The number of hydrogen-bond donors (Lipinski definition) is 2. The summed E-state index contributed by atoms with van der Waals surface area (Å²) >= 11 is 12.4. The second-order valence-electron chi connectivity index (χ2n) is 10.3. The lowest BCUT2D eigenvalue weighted by molar-refractivity contribution is 0.0607. The van der Waals surface area contributed by atoms with Gasteiger partial charge in [-0.1, -0.05) is 36.2 Å². The summed E-state index contributed by atoms with van der Waals surface area (Å²) in [7, 11) is 0. The normalized spacial score (nSPS) is 21.8. The van der Waals surface area contributed by atoms with Gasteiger partial charge >= 0.3 is 0 Å². The number of piperidine rings is 1. The van der Waals surface area contributed by atoms with Gasteiger partial charge in [-0.25, -0.2) is 14.4 Å². The molecule has 3 fully saturated rings. The van der Waals surface area contributed by atoms with Crippen molar-refractivity contribution in [3.05, 3.63) is 45.4 Å². The maximum Gasteiger partial charge on any atom is 0.274 e. The van der Waals surface area contributed by atoms with Crippen LogP contribution in [0.1, 0.15) is 55.1 Å². The highest BCUT2D eigenvalue weighted by molar-refractivity contribution is 6.32. The Morgan fingerprint density at radius 1 is 1.14 bits per heavy atom. The molecule has 1 amide bonds. The second-order valence-corrected chi connectivity index (χ2v) is 11.1. The lowest BCUT2D eigenvalue weighted by Crippen LogP contribution is -2.58. The Balaban J connectivity index is 1.19. The van der Waals surface area contributed by atoms with Crippen LogP contribution in [0.3, 0.4) is 0 Å². The zero-order valence-electron chi connectivity index (χ0n) is 21.1. The summed E-state index contributed by atoms with van der Waals surface area (Å²) < 4.78 is 14.2. The number of piperazine rings is 1. The Morgan fingerprint density at radius 3 is 2.57 bits per heavy atom. The van der Waals surface area contributed by atoms with Crippen molar-refractivity contribution in [2.75, 3.05) is 43.4 Å². The fraction of sp³-hybridized carbons (Fsp3) is 0.577. The van der Waals surface area contributed by atoms with Gasteiger partial charge in [0.15, 0.2) is 22.5 Å². The fourth-order valence-corrected chi connectivity index (χ4v) is 5.88. The van der Waals surface area contributed by atoms with Crippen molar-refractivity contribution < 1.29 is 9.18 Å². The number of nitrogen functional groups attached to an aromatic ring is 1. The van der Waals surface area contributed by atoms with Gasteiger partial charge in [-0.3, -0.25) is 14.6 Å². The van der Waals surface area contributed by atoms with Crippen LogP contribution in [0.4, 0.5) is 16.0 Å². The van der Waals surface area contributed by atoms with Gasteiger partial charge in [0.05, 0.1) is 0 Å². The highest BCUT2D eigenvalue weighted by atomic mass is 35.5. The van der Waals surface area contributed by atoms with E-state index in [9.17, 15) is 9.18 Å². The number of nitrogens with one attached hydrogen (secondary N) is 1. The third-order valence-corrected chi connectivity index (χ3v) is 8.21. The molecule has 1 saturated carbocycles. The number of amides is 1. The summed E-state index contributed by atoms with van der Waals surface area (Å²) in [6, 6.07) is 5.95.